The SMILES string of the molecule is CC.CCC.CCCN(C)c1nc(C)nc(Cl)c1[N+](=O)[O-]. The summed E-state index contributed by atoms with van der Waals surface area (Å²) >= 11 is 5.75. The van der Waals surface area contributed by atoms with E-state index in [4.69, 9.17) is 11.6 Å². The summed E-state index contributed by atoms with van der Waals surface area (Å²) in [7, 11) is 1.74. The minimum atomic E-state index is -0.552. The molecule has 0 saturated heterocycles. The topological polar surface area (TPSA) is 72.2 Å². The highest BCUT2D eigenvalue weighted by molar-refractivity contribution is 6.31. The lowest BCUT2D eigenvalue weighted by atomic mass is 10.4. The first-order valence-corrected chi connectivity index (χ1v) is 7.66. The van der Waals surface area contributed by atoms with E-state index in [-0.39, 0.29) is 16.7 Å². The average molecular weight is 319 g/mol. The normalized spacial score (nSPS) is 8.95. The molecule has 0 saturated carbocycles. The van der Waals surface area contributed by atoms with Crippen LogP contribution in [-0.2, 0) is 0 Å². The molecule has 0 unspecified atom stereocenters. The van der Waals surface area contributed by atoms with Gasteiger partial charge in [0.1, 0.15) is 5.82 Å². The van der Waals surface area contributed by atoms with Crippen LogP contribution in [0.25, 0.3) is 0 Å². The Balaban J connectivity index is 0. The quantitative estimate of drug-likeness (QED) is 0.459. The van der Waals surface area contributed by atoms with Crippen LogP contribution in [-0.4, -0.2) is 28.5 Å². The molecule has 1 heterocycles. The number of hydrogen-bond acceptors (Lipinski definition) is 5. The zero-order valence-electron chi connectivity index (χ0n) is 14.1. The van der Waals surface area contributed by atoms with Crippen molar-refractivity contribution in [2.75, 3.05) is 18.5 Å². The molecule has 0 aliphatic carbocycles. The summed E-state index contributed by atoms with van der Waals surface area (Å²) in [6.07, 6.45) is 2.12. The number of nitro groups is 1. The van der Waals surface area contributed by atoms with Crippen LogP contribution in [0.15, 0.2) is 0 Å². The van der Waals surface area contributed by atoms with Gasteiger partial charge in [0.2, 0.25) is 11.0 Å². The van der Waals surface area contributed by atoms with Gasteiger partial charge < -0.3 is 4.90 Å². The van der Waals surface area contributed by atoms with Crippen molar-refractivity contribution in [2.45, 2.75) is 54.4 Å². The fraction of sp³-hybridized carbons (Fsp3) is 0.714. The number of aromatic nitrogens is 2. The van der Waals surface area contributed by atoms with Crippen LogP contribution in [0, 0.1) is 17.0 Å². The largest absolute Gasteiger partial charge is 0.354 e. The van der Waals surface area contributed by atoms with Crippen molar-refractivity contribution in [1.29, 1.82) is 0 Å². The monoisotopic (exact) mass is 318 g/mol. The average Bonchev–Trinajstić information content (AvgIpc) is 2.40. The van der Waals surface area contributed by atoms with Crippen LogP contribution < -0.4 is 4.90 Å². The molecule has 0 N–H and O–H groups in total. The Morgan fingerprint density at radius 3 is 2.10 bits per heavy atom. The minimum absolute atomic E-state index is 0.115. The fourth-order valence-corrected chi connectivity index (χ4v) is 1.66. The van der Waals surface area contributed by atoms with Crippen LogP contribution in [0.1, 0.15) is 53.3 Å². The zero-order valence-corrected chi connectivity index (χ0v) is 14.9. The second kappa shape index (κ2) is 12.3. The summed E-state index contributed by atoms with van der Waals surface area (Å²) in [5.41, 5.74) is -0.233. The molecule has 0 spiro atoms. The van der Waals surface area contributed by atoms with E-state index in [1.807, 2.05) is 20.8 Å². The summed E-state index contributed by atoms with van der Waals surface area (Å²) in [5, 5.41) is 10.8. The Morgan fingerprint density at radius 1 is 1.24 bits per heavy atom. The molecule has 1 aromatic rings. The standard InChI is InChI=1S/C9H13ClN4O2.C3H8.C2H6/c1-4-5-13(3)9-7(14(15)16)8(10)11-6(2)12-9;1-3-2;1-2/h4-5H2,1-3H3;3H2,1-2H3;1-2H3. The second-order valence-electron chi connectivity index (χ2n) is 4.12. The van der Waals surface area contributed by atoms with Gasteiger partial charge in [0, 0.05) is 13.6 Å². The minimum Gasteiger partial charge on any atom is -0.354 e. The molecule has 0 aliphatic rings. The van der Waals surface area contributed by atoms with Crippen molar-refractivity contribution in [3.63, 3.8) is 0 Å². The summed E-state index contributed by atoms with van der Waals surface area (Å²) in [4.78, 5) is 19.9. The molecule has 0 aromatic carbocycles. The Morgan fingerprint density at radius 2 is 1.71 bits per heavy atom. The van der Waals surface area contributed by atoms with Crippen LogP contribution in [0.3, 0.4) is 0 Å². The number of halogens is 1. The van der Waals surface area contributed by atoms with E-state index in [2.05, 4.69) is 23.8 Å². The van der Waals surface area contributed by atoms with Gasteiger partial charge in [-0.1, -0.05) is 52.6 Å². The molecule has 0 aliphatic heterocycles. The van der Waals surface area contributed by atoms with Crippen molar-refractivity contribution in [3.8, 4) is 0 Å². The molecule has 6 nitrogen and oxygen atoms in total. The number of rotatable bonds is 4. The summed E-state index contributed by atoms with van der Waals surface area (Å²) in [5.74, 6) is 0.693. The molecule has 0 radical (unpaired) electrons. The highest BCUT2D eigenvalue weighted by Crippen LogP contribution is 2.31. The van der Waals surface area contributed by atoms with Crippen molar-refractivity contribution in [1.82, 2.24) is 9.97 Å². The zero-order chi connectivity index (χ0) is 17.0. The van der Waals surface area contributed by atoms with Gasteiger partial charge >= 0.3 is 5.69 Å². The third kappa shape index (κ3) is 7.80. The van der Waals surface area contributed by atoms with Crippen LogP contribution in [0.5, 0.6) is 0 Å². The molecule has 1 rings (SSSR count). The summed E-state index contributed by atoms with van der Waals surface area (Å²) in [6, 6.07) is 0. The number of aryl methyl sites for hydroxylation is 1. The van der Waals surface area contributed by atoms with E-state index in [9.17, 15) is 10.1 Å². The second-order valence-corrected chi connectivity index (χ2v) is 4.48. The lowest BCUT2D eigenvalue weighted by Crippen LogP contribution is -2.21. The molecule has 0 amide bonds. The van der Waals surface area contributed by atoms with Crippen molar-refractivity contribution in [2.24, 2.45) is 0 Å². The number of hydrogen-bond donors (Lipinski definition) is 0. The molecular weight excluding hydrogens is 292 g/mol. The van der Waals surface area contributed by atoms with Gasteiger partial charge in [0.05, 0.1) is 4.92 Å². The summed E-state index contributed by atoms with van der Waals surface area (Å²) in [6.45, 7) is 12.6. The van der Waals surface area contributed by atoms with Gasteiger partial charge in [-0.05, 0) is 13.3 Å². The fourth-order valence-electron chi connectivity index (χ4n) is 1.38. The highest BCUT2D eigenvalue weighted by atomic mass is 35.5. The first kappa shape index (κ1) is 21.9. The van der Waals surface area contributed by atoms with Crippen molar-refractivity contribution in [3.05, 3.63) is 21.1 Å². The molecule has 0 fully saturated rings. The first-order chi connectivity index (χ1) is 9.88. The molecule has 21 heavy (non-hydrogen) atoms. The van der Waals surface area contributed by atoms with Gasteiger partial charge in [-0.2, -0.15) is 0 Å². The van der Waals surface area contributed by atoms with Crippen LogP contribution >= 0.6 is 11.6 Å². The Bertz CT molecular complexity index is 428. The summed E-state index contributed by atoms with van der Waals surface area (Å²) < 4.78 is 0. The van der Waals surface area contributed by atoms with Gasteiger partial charge in [-0.3, -0.25) is 10.1 Å². The van der Waals surface area contributed by atoms with Gasteiger partial charge in [-0.25, -0.2) is 9.97 Å². The van der Waals surface area contributed by atoms with Crippen LogP contribution in [0.4, 0.5) is 11.5 Å². The molecule has 1 aromatic heterocycles. The lowest BCUT2D eigenvalue weighted by molar-refractivity contribution is -0.384. The van der Waals surface area contributed by atoms with Crippen LogP contribution in [0.2, 0.25) is 5.15 Å². The maximum absolute atomic E-state index is 10.9. The third-order valence-corrected chi connectivity index (χ3v) is 2.30. The molecule has 7 heteroatoms. The molecule has 122 valence electrons. The van der Waals surface area contributed by atoms with E-state index in [1.54, 1.807) is 18.9 Å². The van der Waals surface area contributed by atoms with E-state index in [0.717, 1.165) is 6.42 Å². The Hall–Kier alpha value is -1.43. The Kier molecular flexibility index (Phi) is 12.8. The smallest absolute Gasteiger partial charge is 0.348 e. The van der Waals surface area contributed by atoms with E-state index < -0.39 is 4.92 Å². The maximum Gasteiger partial charge on any atom is 0.348 e. The first-order valence-electron chi connectivity index (χ1n) is 7.28. The number of anilines is 1. The van der Waals surface area contributed by atoms with Gasteiger partial charge in [0.25, 0.3) is 0 Å². The highest BCUT2D eigenvalue weighted by Gasteiger charge is 2.24. The molecular formula is C14H27ClN4O2. The number of nitrogens with zero attached hydrogens (tertiary/aromatic N) is 4. The van der Waals surface area contributed by atoms with E-state index >= 15 is 0 Å². The Labute approximate surface area is 132 Å². The third-order valence-electron chi connectivity index (χ3n) is 2.04. The van der Waals surface area contributed by atoms with Gasteiger partial charge in [0.15, 0.2) is 0 Å². The predicted octanol–water partition coefficient (Wildman–Crippen LogP) is 4.64. The van der Waals surface area contributed by atoms with E-state index in [1.165, 1.54) is 6.42 Å². The lowest BCUT2D eigenvalue weighted by Gasteiger charge is -2.17. The van der Waals surface area contributed by atoms with Crippen molar-refractivity contribution >= 4 is 23.1 Å². The van der Waals surface area contributed by atoms with Crippen molar-refractivity contribution < 1.29 is 4.92 Å². The predicted molar refractivity (Wildman–Crippen MR) is 89.3 cm³/mol. The maximum atomic E-state index is 10.9. The molecule has 0 atom stereocenters. The molecule has 0 bridgehead atoms. The van der Waals surface area contributed by atoms with E-state index in [0.29, 0.717) is 12.4 Å². The van der Waals surface area contributed by atoms with Gasteiger partial charge in [-0.15, -0.1) is 0 Å².